The van der Waals surface area contributed by atoms with E-state index in [1.54, 1.807) is 6.92 Å². The maximum Gasteiger partial charge on any atom is 0.390 e. The second-order valence-electron chi connectivity index (χ2n) is 3.52. The highest BCUT2D eigenvalue weighted by Gasteiger charge is 2.32. The van der Waals surface area contributed by atoms with Crippen LogP contribution in [0.15, 0.2) is 12.1 Å². The van der Waals surface area contributed by atoms with E-state index in [-0.39, 0.29) is 15.6 Å². The topological polar surface area (TPSA) is 9.23 Å². The SMILES string of the molecule is CCOc1cc(Cl)c(C(Cl)CC(F)(F)F)cc1Cl. The summed E-state index contributed by atoms with van der Waals surface area (Å²) in [5, 5.41) is -0.984. The maximum absolute atomic E-state index is 12.2. The Balaban J connectivity index is 3.00. The average Bonchev–Trinajstić information content (AvgIpc) is 2.20. The van der Waals surface area contributed by atoms with E-state index in [4.69, 9.17) is 39.5 Å². The van der Waals surface area contributed by atoms with E-state index in [1.807, 2.05) is 0 Å². The number of benzene rings is 1. The lowest BCUT2D eigenvalue weighted by atomic mass is 10.1. The molecule has 1 rings (SSSR count). The Morgan fingerprint density at radius 2 is 1.83 bits per heavy atom. The molecule has 0 aromatic heterocycles. The van der Waals surface area contributed by atoms with Crippen LogP contribution in [0.5, 0.6) is 5.75 Å². The summed E-state index contributed by atoms with van der Waals surface area (Å²) < 4.78 is 41.9. The van der Waals surface area contributed by atoms with Crippen molar-refractivity contribution in [3.63, 3.8) is 0 Å². The molecule has 7 heteroatoms. The van der Waals surface area contributed by atoms with Crippen molar-refractivity contribution in [1.82, 2.24) is 0 Å². The Morgan fingerprint density at radius 3 is 2.33 bits per heavy atom. The largest absolute Gasteiger partial charge is 0.492 e. The van der Waals surface area contributed by atoms with Crippen LogP contribution in [-0.2, 0) is 0 Å². The highest BCUT2D eigenvalue weighted by molar-refractivity contribution is 6.35. The van der Waals surface area contributed by atoms with E-state index in [1.165, 1.54) is 12.1 Å². The Bertz CT molecular complexity index is 421. The van der Waals surface area contributed by atoms with E-state index >= 15 is 0 Å². The van der Waals surface area contributed by atoms with Crippen molar-refractivity contribution < 1.29 is 17.9 Å². The van der Waals surface area contributed by atoms with Gasteiger partial charge >= 0.3 is 6.18 Å². The first-order valence-electron chi connectivity index (χ1n) is 5.07. The molecule has 1 unspecified atom stereocenters. The Morgan fingerprint density at radius 1 is 1.22 bits per heavy atom. The Hall–Kier alpha value is -0.320. The van der Waals surface area contributed by atoms with E-state index in [2.05, 4.69) is 0 Å². The van der Waals surface area contributed by atoms with Gasteiger partial charge in [-0.1, -0.05) is 23.2 Å². The lowest BCUT2D eigenvalue weighted by Gasteiger charge is -2.16. The van der Waals surface area contributed by atoms with Crippen LogP contribution in [0.25, 0.3) is 0 Å². The maximum atomic E-state index is 12.2. The fourth-order valence-corrected chi connectivity index (χ4v) is 2.29. The highest BCUT2D eigenvalue weighted by Crippen LogP contribution is 2.40. The molecule has 0 aliphatic heterocycles. The molecule has 0 radical (unpaired) electrons. The Labute approximate surface area is 118 Å². The molecule has 1 aromatic carbocycles. The molecule has 1 nitrogen and oxygen atoms in total. The first-order valence-corrected chi connectivity index (χ1v) is 6.26. The minimum Gasteiger partial charge on any atom is -0.492 e. The number of hydrogen-bond acceptors (Lipinski definition) is 1. The van der Waals surface area contributed by atoms with Crippen LogP contribution in [-0.4, -0.2) is 12.8 Å². The van der Waals surface area contributed by atoms with Gasteiger partial charge in [-0.3, -0.25) is 0 Å². The van der Waals surface area contributed by atoms with Gasteiger partial charge in [0.15, 0.2) is 0 Å². The molecule has 0 fully saturated rings. The van der Waals surface area contributed by atoms with Gasteiger partial charge in [-0.25, -0.2) is 0 Å². The van der Waals surface area contributed by atoms with Crippen molar-refractivity contribution in [2.24, 2.45) is 0 Å². The van der Waals surface area contributed by atoms with Gasteiger partial charge in [-0.2, -0.15) is 13.2 Å². The van der Waals surface area contributed by atoms with Gasteiger partial charge in [0.05, 0.1) is 23.4 Å². The summed E-state index contributed by atoms with van der Waals surface area (Å²) >= 11 is 17.4. The van der Waals surface area contributed by atoms with Crippen LogP contribution in [0.4, 0.5) is 13.2 Å². The van der Waals surface area contributed by atoms with Crippen LogP contribution in [0.3, 0.4) is 0 Å². The molecule has 0 aliphatic carbocycles. The highest BCUT2D eigenvalue weighted by atomic mass is 35.5. The van der Waals surface area contributed by atoms with E-state index in [9.17, 15) is 13.2 Å². The third-order valence-electron chi connectivity index (χ3n) is 2.10. The van der Waals surface area contributed by atoms with E-state index < -0.39 is 18.0 Å². The molecular formula is C11H10Cl3F3O. The first kappa shape index (κ1) is 15.7. The third-order valence-corrected chi connectivity index (χ3v) is 3.11. The van der Waals surface area contributed by atoms with Gasteiger partial charge in [0.2, 0.25) is 0 Å². The summed E-state index contributed by atoms with van der Waals surface area (Å²) in [4.78, 5) is 0. The molecule has 0 saturated heterocycles. The predicted octanol–water partition coefficient (Wildman–Crippen LogP) is 5.62. The minimum absolute atomic E-state index is 0.104. The zero-order valence-corrected chi connectivity index (χ0v) is 11.6. The molecule has 0 N–H and O–H groups in total. The molecule has 1 atom stereocenters. The van der Waals surface area contributed by atoms with Crippen LogP contribution in [0, 0.1) is 0 Å². The van der Waals surface area contributed by atoms with Crippen LogP contribution >= 0.6 is 34.8 Å². The lowest BCUT2D eigenvalue weighted by molar-refractivity contribution is -0.134. The number of hydrogen-bond donors (Lipinski definition) is 0. The van der Waals surface area contributed by atoms with Crippen LogP contribution < -0.4 is 4.74 Å². The number of alkyl halides is 4. The number of halogens is 6. The second-order valence-corrected chi connectivity index (χ2v) is 4.87. The van der Waals surface area contributed by atoms with Crippen molar-refractivity contribution in [1.29, 1.82) is 0 Å². The van der Waals surface area contributed by atoms with Gasteiger partial charge in [-0.05, 0) is 18.6 Å². The lowest BCUT2D eigenvalue weighted by Crippen LogP contribution is -2.11. The van der Waals surface area contributed by atoms with Gasteiger partial charge in [-0.15, -0.1) is 11.6 Å². The van der Waals surface area contributed by atoms with Gasteiger partial charge in [0, 0.05) is 11.1 Å². The molecule has 102 valence electrons. The average molecular weight is 322 g/mol. The van der Waals surface area contributed by atoms with E-state index in [0.29, 0.717) is 12.4 Å². The summed E-state index contributed by atoms with van der Waals surface area (Å²) in [6, 6.07) is 2.67. The van der Waals surface area contributed by atoms with Crippen molar-refractivity contribution in [3.8, 4) is 5.75 Å². The standard InChI is InChI=1S/C11H10Cl3F3O/c1-2-18-10-4-7(12)6(3-8(10)13)9(14)5-11(15,16)17/h3-4,9H,2,5H2,1H3. The van der Waals surface area contributed by atoms with Crippen molar-refractivity contribution in [2.75, 3.05) is 6.61 Å². The van der Waals surface area contributed by atoms with Crippen molar-refractivity contribution in [2.45, 2.75) is 24.9 Å². The van der Waals surface area contributed by atoms with Gasteiger partial charge < -0.3 is 4.74 Å². The summed E-state index contributed by atoms with van der Waals surface area (Å²) in [6.07, 6.45) is -5.53. The van der Waals surface area contributed by atoms with Crippen LogP contribution in [0.1, 0.15) is 24.3 Å². The smallest absolute Gasteiger partial charge is 0.390 e. The number of ether oxygens (including phenoxy) is 1. The minimum atomic E-state index is -4.36. The quantitative estimate of drug-likeness (QED) is 0.654. The zero-order valence-electron chi connectivity index (χ0n) is 9.32. The molecule has 0 heterocycles. The third kappa shape index (κ3) is 4.41. The monoisotopic (exact) mass is 320 g/mol. The molecule has 0 aliphatic rings. The molecule has 18 heavy (non-hydrogen) atoms. The normalized spacial score (nSPS) is 13.5. The molecule has 0 spiro atoms. The van der Waals surface area contributed by atoms with Crippen molar-refractivity contribution >= 4 is 34.8 Å². The summed E-state index contributed by atoms with van der Waals surface area (Å²) in [6.45, 7) is 2.13. The predicted molar refractivity (Wildman–Crippen MR) is 66.9 cm³/mol. The van der Waals surface area contributed by atoms with Gasteiger partial charge in [0.1, 0.15) is 5.75 Å². The fourth-order valence-electron chi connectivity index (χ4n) is 1.36. The number of rotatable bonds is 4. The first-order chi connectivity index (χ1) is 8.24. The summed E-state index contributed by atoms with van der Waals surface area (Å²) in [7, 11) is 0. The van der Waals surface area contributed by atoms with Crippen LogP contribution in [0.2, 0.25) is 10.0 Å². The Kier molecular flexibility index (Phi) is 5.44. The zero-order chi connectivity index (χ0) is 13.9. The summed E-state index contributed by atoms with van der Waals surface area (Å²) in [5.74, 6) is 0.323. The van der Waals surface area contributed by atoms with Crippen molar-refractivity contribution in [3.05, 3.63) is 27.7 Å². The molecule has 1 aromatic rings. The molecular weight excluding hydrogens is 311 g/mol. The summed E-state index contributed by atoms with van der Waals surface area (Å²) in [5.41, 5.74) is 0.143. The fraction of sp³-hybridized carbons (Fsp3) is 0.455. The van der Waals surface area contributed by atoms with E-state index in [0.717, 1.165) is 0 Å². The molecule has 0 bridgehead atoms. The molecule has 0 amide bonds. The second kappa shape index (κ2) is 6.22. The van der Waals surface area contributed by atoms with Gasteiger partial charge in [0.25, 0.3) is 0 Å². The molecule has 0 saturated carbocycles.